The fourth-order valence-corrected chi connectivity index (χ4v) is 2.63. The van der Waals surface area contributed by atoms with Gasteiger partial charge in [-0.1, -0.05) is 6.92 Å². The molecular formula is C15H24N2O2. The van der Waals surface area contributed by atoms with E-state index in [0.717, 1.165) is 49.5 Å². The molecule has 1 saturated heterocycles. The van der Waals surface area contributed by atoms with Gasteiger partial charge >= 0.3 is 0 Å². The first kappa shape index (κ1) is 14.2. The molecule has 4 heteroatoms. The molecule has 1 aliphatic rings. The number of benzene rings is 1. The number of anilines is 1. The quantitative estimate of drug-likeness (QED) is 0.773. The lowest BCUT2D eigenvalue weighted by Crippen LogP contribution is -2.28. The lowest BCUT2D eigenvalue weighted by molar-refractivity contribution is 0.0872. The van der Waals surface area contributed by atoms with Gasteiger partial charge in [0.2, 0.25) is 0 Å². The van der Waals surface area contributed by atoms with E-state index in [-0.39, 0.29) is 0 Å². The molecule has 0 amide bonds. The van der Waals surface area contributed by atoms with E-state index in [9.17, 15) is 0 Å². The Morgan fingerprint density at radius 2 is 2.32 bits per heavy atom. The van der Waals surface area contributed by atoms with Crippen molar-refractivity contribution >= 4 is 5.69 Å². The summed E-state index contributed by atoms with van der Waals surface area (Å²) in [6, 6.07) is 5.77. The van der Waals surface area contributed by atoms with E-state index in [2.05, 4.69) is 12.2 Å². The number of nitrogens with two attached hydrogens (primary N) is 1. The van der Waals surface area contributed by atoms with Crippen molar-refractivity contribution in [3.05, 3.63) is 23.8 Å². The lowest BCUT2D eigenvalue weighted by Gasteiger charge is -2.17. The van der Waals surface area contributed by atoms with Gasteiger partial charge < -0.3 is 20.5 Å². The van der Waals surface area contributed by atoms with Gasteiger partial charge in [0.25, 0.3) is 0 Å². The highest BCUT2D eigenvalue weighted by atomic mass is 16.5. The van der Waals surface area contributed by atoms with Crippen LogP contribution in [0.4, 0.5) is 5.69 Å². The summed E-state index contributed by atoms with van der Waals surface area (Å²) >= 11 is 0. The Labute approximate surface area is 115 Å². The second-order valence-electron chi connectivity index (χ2n) is 5.06. The monoisotopic (exact) mass is 264 g/mol. The third-order valence-corrected chi connectivity index (χ3v) is 3.82. The fourth-order valence-electron chi connectivity index (χ4n) is 2.63. The highest BCUT2D eigenvalue weighted by Crippen LogP contribution is 2.23. The Balaban J connectivity index is 1.85. The highest BCUT2D eigenvalue weighted by Gasteiger charge is 2.25. The van der Waals surface area contributed by atoms with Gasteiger partial charge in [-0.2, -0.15) is 0 Å². The summed E-state index contributed by atoms with van der Waals surface area (Å²) in [5.74, 6) is 1.47. The first-order valence-electron chi connectivity index (χ1n) is 6.99. The number of ether oxygens (including phenoxy) is 2. The second-order valence-corrected chi connectivity index (χ2v) is 5.06. The largest absolute Gasteiger partial charge is 0.497 e. The van der Waals surface area contributed by atoms with Crippen molar-refractivity contribution in [3.8, 4) is 5.75 Å². The minimum absolute atomic E-state index is 0.412. The van der Waals surface area contributed by atoms with E-state index < -0.39 is 0 Å². The molecule has 1 aromatic rings. The van der Waals surface area contributed by atoms with E-state index in [1.807, 2.05) is 18.2 Å². The van der Waals surface area contributed by atoms with E-state index in [4.69, 9.17) is 15.2 Å². The molecule has 0 spiro atoms. The molecule has 19 heavy (non-hydrogen) atoms. The predicted molar refractivity (Wildman–Crippen MR) is 77.3 cm³/mol. The minimum atomic E-state index is 0.412. The Morgan fingerprint density at radius 1 is 1.47 bits per heavy atom. The molecule has 4 nitrogen and oxygen atoms in total. The van der Waals surface area contributed by atoms with Crippen molar-refractivity contribution < 1.29 is 9.47 Å². The van der Waals surface area contributed by atoms with Crippen molar-refractivity contribution in [2.75, 3.05) is 26.0 Å². The van der Waals surface area contributed by atoms with E-state index in [0.29, 0.717) is 12.0 Å². The maximum atomic E-state index is 5.97. The molecule has 1 fully saturated rings. The van der Waals surface area contributed by atoms with Gasteiger partial charge in [0, 0.05) is 25.4 Å². The Hall–Kier alpha value is -1.26. The number of nitrogens with one attached hydrogen (secondary N) is 1. The van der Waals surface area contributed by atoms with Crippen LogP contribution in [0, 0.1) is 5.92 Å². The smallest absolute Gasteiger partial charge is 0.119 e. The number of nitrogen functional groups attached to an aromatic ring is 1. The Kier molecular flexibility index (Phi) is 5.05. The van der Waals surface area contributed by atoms with Crippen molar-refractivity contribution in [1.29, 1.82) is 0 Å². The molecule has 0 aromatic heterocycles. The van der Waals surface area contributed by atoms with Crippen LogP contribution in [0.1, 0.15) is 25.3 Å². The van der Waals surface area contributed by atoms with Crippen LogP contribution in [-0.2, 0) is 11.3 Å². The molecule has 1 aliphatic heterocycles. The molecule has 0 bridgehead atoms. The molecule has 2 unspecified atom stereocenters. The predicted octanol–water partition coefficient (Wildman–Crippen LogP) is 2.18. The zero-order valence-corrected chi connectivity index (χ0v) is 11.8. The average molecular weight is 264 g/mol. The summed E-state index contributed by atoms with van der Waals surface area (Å²) in [6.07, 6.45) is 2.65. The summed E-state index contributed by atoms with van der Waals surface area (Å²) < 4.78 is 10.9. The standard InChI is InChI=1S/C15H24N2O2/c1-3-15-11(6-7-19-15)9-17-10-12-8-13(18-2)4-5-14(12)16/h4-5,8,11,15,17H,3,6-7,9-10,16H2,1-2H3. The van der Waals surface area contributed by atoms with Gasteiger partial charge in [0.15, 0.2) is 0 Å². The van der Waals surface area contributed by atoms with Gasteiger partial charge in [-0.3, -0.25) is 0 Å². The molecule has 0 saturated carbocycles. The minimum Gasteiger partial charge on any atom is -0.497 e. The maximum absolute atomic E-state index is 5.97. The lowest BCUT2D eigenvalue weighted by atomic mass is 9.99. The summed E-state index contributed by atoms with van der Waals surface area (Å²) in [4.78, 5) is 0. The summed E-state index contributed by atoms with van der Waals surface area (Å²) in [5, 5.41) is 3.48. The molecule has 1 aromatic carbocycles. The second kappa shape index (κ2) is 6.78. The average Bonchev–Trinajstić information content (AvgIpc) is 2.88. The maximum Gasteiger partial charge on any atom is 0.119 e. The molecule has 106 valence electrons. The SMILES string of the molecule is CCC1OCCC1CNCc1cc(OC)ccc1N. The molecule has 1 heterocycles. The van der Waals surface area contributed by atoms with Crippen molar-refractivity contribution in [2.24, 2.45) is 5.92 Å². The molecule has 0 aliphatic carbocycles. The van der Waals surface area contributed by atoms with Crippen molar-refractivity contribution in [3.63, 3.8) is 0 Å². The molecule has 3 N–H and O–H groups in total. The van der Waals surface area contributed by atoms with Gasteiger partial charge in [-0.15, -0.1) is 0 Å². The van der Waals surface area contributed by atoms with Crippen LogP contribution in [0.5, 0.6) is 5.75 Å². The number of hydrogen-bond donors (Lipinski definition) is 2. The van der Waals surface area contributed by atoms with Gasteiger partial charge in [-0.05, 0) is 42.5 Å². The summed E-state index contributed by atoms with van der Waals surface area (Å²) in [5.41, 5.74) is 7.87. The van der Waals surface area contributed by atoms with E-state index in [1.165, 1.54) is 0 Å². The van der Waals surface area contributed by atoms with Crippen molar-refractivity contribution in [1.82, 2.24) is 5.32 Å². The summed E-state index contributed by atoms with van der Waals surface area (Å²) in [6.45, 7) is 4.83. The third-order valence-electron chi connectivity index (χ3n) is 3.82. The first-order chi connectivity index (χ1) is 9.24. The van der Waals surface area contributed by atoms with E-state index in [1.54, 1.807) is 7.11 Å². The zero-order valence-electron chi connectivity index (χ0n) is 11.8. The molecular weight excluding hydrogens is 240 g/mol. The van der Waals surface area contributed by atoms with Gasteiger partial charge in [0.05, 0.1) is 13.2 Å². The topological polar surface area (TPSA) is 56.5 Å². The molecule has 2 atom stereocenters. The third kappa shape index (κ3) is 3.61. The zero-order chi connectivity index (χ0) is 13.7. The van der Waals surface area contributed by atoms with Gasteiger partial charge in [-0.25, -0.2) is 0 Å². The Morgan fingerprint density at radius 3 is 3.05 bits per heavy atom. The van der Waals surface area contributed by atoms with Crippen LogP contribution in [0.15, 0.2) is 18.2 Å². The van der Waals surface area contributed by atoms with Crippen molar-refractivity contribution in [2.45, 2.75) is 32.4 Å². The van der Waals surface area contributed by atoms with Crippen LogP contribution in [0.25, 0.3) is 0 Å². The number of rotatable bonds is 6. The Bertz CT molecular complexity index is 409. The first-order valence-corrected chi connectivity index (χ1v) is 6.99. The van der Waals surface area contributed by atoms with Crippen LogP contribution < -0.4 is 15.8 Å². The molecule has 0 radical (unpaired) electrons. The van der Waals surface area contributed by atoms with E-state index >= 15 is 0 Å². The van der Waals surface area contributed by atoms with Crippen LogP contribution >= 0.6 is 0 Å². The van der Waals surface area contributed by atoms with Gasteiger partial charge in [0.1, 0.15) is 5.75 Å². The van der Waals surface area contributed by atoms with Crippen LogP contribution in [-0.4, -0.2) is 26.4 Å². The van der Waals surface area contributed by atoms with Crippen LogP contribution in [0.3, 0.4) is 0 Å². The highest BCUT2D eigenvalue weighted by molar-refractivity contribution is 5.50. The number of hydrogen-bond acceptors (Lipinski definition) is 4. The summed E-state index contributed by atoms with van der Waals surface area (Å²) in [7, 11) is 1.67. The number of methoxy groups -OCH3 is 1. The fraction of sp³-hybridized carbons (Fsp3) is 0.600. The molecule has 2 rings (SSSR count). The normalized spacial score (nSPS) is 22.6. The van der Waals surface area contributed by atoms with Crippen LogP contribution in [0.2, 0.25) is 0 Å².